The number of hydrogen-bond donors (Lipinski definition) is 0. The lowest BCUT2D eigenvalue weighted by Crippen LogP contribution is -2.21. The Morgan fingerprint density at radius 1 is 1.05 bits per heavy atom. The standard InChI is InChI=1S/C19H30/c1-4-6-8-16-13(3)18-14-10-11-15(12-14)19(18)17(16)9-7-5-2/h10-11,14-19H,3-9,12H2,1-2H3/t14-,15+,16+,17-,18?,19?/m0/s1. The molecule has 3 rings (SSSR count). The lowest BCUT2D eigenvalue weighted by atomic mass is 9.77. The lowest BCUT2D eigenvalue weighted by molar-refractivity contribution is 0.232. The van der Waals surface area contributed by atoms with Crippen molar-refractivity contribution in [3.8, 4) is 0 Å². The lowest BCUT2D eigenvalue weighted by Gasteiger charge is -2.28. The molecular formula is C19H30. The van der Waals surface area contributed by atoms with Crippen molar-refractivity contribution < 1.29 is 0 Å². The van der Waals surface area contributed by atoms with Crippen molar-refractivity contribution in [1.29, 1.82) is 0 Å². The van der Waals surface area contributed by atoms with Crippen molar-refractivity contribution in [2.75, 3.05) is 0 Å². The van der Waals surface area contributed by atoms with E-state index in [0.717, 1.165) is 35.5 Å². The topological polar surface area (TPSA) is 0 Å². The molecule has 2 bridgehead atoms. The molecule has 0 aliphatic heterocycles. The number of unbranched alkanes of at least 4 members (excludes halogenated alkanes) is 2. The van der Waals surface area contributed by atoms with Crippen LogP contribution in [0.3, 0.4) is 0 Å². The van der Waals surface area contributed by atoms with Crippen LogP contribution in [0.1, 0.15) is 58.8 Å². The van der Waals surface area contributed by atoms with Gasteiger partial charge in [-0.3, -0.25) is 0 Å². The fraction of sp³-hybridized carbons (Fsp3) is 0.789. The molecular weight excluding hydrogens is 228 g/mol. The summed E-state index contributed by atoms with van der Waals surface area (Å²) in [5.74, 6) is 5.41. The zero-order chi connectivity index (χ0) is 13.4. The molecule has 0 heterocycles. The van der Waals surface area contributed by atoms with Gasteiger partial charge in [-0.05, 0) is 54.8 Å². The van der Waals surface area contributed by atoms with Crippen molar-refractivity contribution >= 4 is 0 Å². The molecule has 0 aromatic carbocycles. The molecule has 2 fully saturated rings. The monoisotopic (exact) mass is 258 g/mol. The number of fused-ring (bicyclic) bond motifs is 5. The first-order valence-corrected chi connectivity index (χ1v) is 8.64. The summed E-state index contributed by atoms with van der Waals surface area (Å²) in [6, 6.07) is 0. The van der Waals surface area contributed by atoms with Crippen LogP contribution < -0.4 is 0 Å². The number of hydrogen-bond acceptors (Lipinski definition) is 0. The Morgan fingerprint density at radius 2 is 1.74 bits per heavy atom. The second-order valence-electron chi connectivity index (χ2n) is 7.18. The third-order valence-electron chi connectivity index (χ3n) is 6.20. The van der Waals surface area contributed by atoms with Gasteiger partial charge in [0.05, 0.1) is 0 Å². The van der Waals surface area contributed by atoms with E-state index in [0.29, 0.717) is 0 Å². The highest BCUT2D eigenvalue weighted by Crippen LogP contribution is 2.63. The predicted octanol–water partition coefficient (Wildman–Crippen LogP) is 5.61. The van der Waals surface area contributed by atoms with E-state index in [1.807, 2.05) is 0 Å². The first-order chi connectivity index (χ1) is 9.27. The summed E-state index contributed by atoms with van der Waals surface area (Å²) in [7, 11) is 0. The van der Waals surface area contributed by atoms with E-state index in [1.54, 1.807) is 5.57 Å². The fourth-order valence-corrected chi connectivity index (χ4v) is 5.41. The van der Waals surface area contributed by atoms with Crippen molar-refractivity contribution in [3.05, 3.63) is 24.3 Å². The van der Waals surface area contributed by atoms with Gasteiger partial charge in [0, 0.05) is 0 Å². The van der Waals surface area contributed by atoms with Crippen LogP contribution in [-0.2, 0) is 0 Å². The van der Waals surface area contributed by atoms with E-state index in [-0.39, 0.29) is 0 Å². The molecule has 6 atom stereocenters. The van der Waals surface area contributed by atoms with Crippen LogP contribution in [0.5, 0.6) is 0 Å². The summed E-state index contributed by atoms with van der Waals surface area (Å²) in [4.78, 5) is 0. The van der Waals surface area contributed by atoms with E-state index in [1.165, 1.54) is 44.9 Å². The molecule has 0 aromatic heterocycles. The molecule has 3 aliphatic carbocycles. The first kappa shape index (κ1) is 13.5. The third-order valence-corrected chi connectivity index (χ3v) is 6.20. The minimum atomic E-state index is 0.853. The van der Waals surface area contributed by atoms with Crippen LogP contribution in [0.15, 0.2) is 24.3 Å². The summed E-state index contributed by atoms with van der Waals surface area (Å²) >= 11 is 0. The highest BCUT2D eigenvalue weighted by atomic mass is 14.6. The van der Waals surface area contributed by atoms with E-state index in [2.05, 4.69) is 32.6 Å². The summed E-state index contributed by atoms with van der Waals surface area (Å²) in [6.45, 7) is 9.23. The van der Waals surface area contributed by atoms with Crippen LogP contribution >= 0.6 is 0 Å². The van der Waals surface area contributed by atoms with Gasteiger partial charge < -0.3 is 0 Å². The highest BCUT2D eigenvalue weighted by Gasteiger charge is 2.55. The van der Waals surface area contributed by atoms with Crippen molar-refractivity contribution in [2.24, 2.45) is 35.5 Å². The summed E-state index contributed by atoms with van der Waals surface area (Å²) in [5, 5.41) is 0. The van der Waals surface area contributed by atoms with Gasteiger partial charge in [0.2, 0.25) is 0 Å². The second-order valence-corrected chi connectivity index (χ2v) is 7.18. The first-order valence-electron chi connectivity index (χ1n) is 8.64. The molecule has 0 N–H and O–H groups in total. The van der Waals surface area contributed by atoms with Gasteiger partial charge in [-0.2, -0.15) is 0 Å². The Labute approximate surface area is 119 Å². The van der Waals surface area contributed by atoms with Crippen molar-refractivity contribution in [1.82, 2.24) is 0 Å². The summed E-state index contributed by atoms with van der Waals surface area (Å²) < 4.78 is 0. The Hall–Kier alpha value is -0.520. The molecule has 3 aliphatic rings. The molecule has 19 heavy (non-hydrogen) atoms. The molecule has 0 aromatic rings. The maximum atomic E-state index is 4.57. The van der Waals surface area contributed by atoms with Gasteiger partial charge in [-0.15, -0.1) is 0 Å². The Kier molecular flexibility index (Phi) is 3.87. The smallest absolute Gasteiger partial charge is 0.0103 e. The van der Waals surface area contributed by atoms with E-state index in [9.17, 15) is 0 Å². The minimum absolute atomic E-state index is 0.853. The maximum absolute atomic E-state index is 4.57. The van der Waals surface area contributed by atoms with Crippen LogP contribution in [0.2, 0.25) is 0 Å². The van der Waals surface area contributed by atoms with Gasteiger partial charge in [0.15, 0.2) is 0 Å². The van der Waals surface area contributed by atoms with Crippen LogP contribution in [0.25, 0.3) is 0 Å². The number of allylic oxidation sites excluding steroid dienone is 3. The SMILES string of the molecule is C=C1C2C([C@@H]3C=C[C@H]2C3)[C@@H](CCCC)[C@@H]1CCCC. The second kappa shape index (κ2) is 5.46. The minimum Gasteiger partial charge on any atom is -0.0993 e. The molecule has 0 radical (unpaired) electrons. The molecule has 0 amide bonds. The predicted molar refractivity (Wildman–Crippen MR) is 82.9 cm³/mol. The maximum Gasteiger partial charge on any atom is -0.0103 e. The molecule has 0 saturated heterocycles. The molecule has 0 spiro atoms. The Balaban J connectivity index is 1.79. The Bertz CT molecular complexity index is 364. The van der Waals surface area contributed by atoms with Crippen molar-refractivity contribution in [2.45, 2.75) is 58.8 Å². The average Bonchev–Trinajstić information content (AvgIpc) is 3.07. The summed E-state index contributed by atoms with van der Waals surface area (Å²) in [6.07, 6.45) is 14.9. The third kappa shape index (κ3) is 2.12. The zero-order valence-electron chi connectivity index (χ0n) is 12.8. The van der Waals surface area contributed by atoms with Crippen LogP contribution in [-0.4, -0.2) is 0 Å². The van der Waals surface area contributed by atoms with Gasteiger partial charge >= 0.3 is 0 Å². The van der Waals surface area contributed by atoms with Gasteiger partial charge in [0.1, 0.15) is 0 Å². The average molecular weight is 258 g/mol. The molecule has 0 nitrogen and oxygen atoms in total. The zero-order valence-corrected chi connectivity index (χ0v) is 12.8. The molecule has 2 saturated carbocycles. The summed E-state index contributed by atoms with van der Waals surface area (Å²) in [5.41, 5.74) is 1.65. The van der Waals surface area contributed by atoms with Gasteiger partial charge in [-0.1, -0.05) is 63.8 Å². The molecule has 0 heteroatoms. The van der Waals surface area contributed by atoms with E-state index >= 15 is 0 Å². The van der Waals surface area contributed by atoms with Gasteiger partial charge in [-0.25, -0.2) is 0 Å². The number of rotatable bonds is 6. The van der Waals surface area contributed by atoms with Gasteiger partial charge in [0.25, 0.3) is 0 Å². The fourth-order valence-electron chi connectivity index (χ4n) is 5.41. The largest absolute Gasteiger partial charge is 0.0993 e. The highest BCUT2D eigenvalue weighted by molar-refractivity contribution is 5.29. The Morgan fingerprint density at radius 3 is 2.47 bits per heavy atom. The molecule has 2 unspecified atom stereocenters. The van der Waals surface area contributed by atoms with Crippen molar-refractivity contribution in [3.63, 3.8) is 0 Å². The molecule has 106 valence electrons. The van der Waals surface area contributed by atoms with Crippen LogP contribution in [0.4, 0.5) is 0 Å². The van der Waals surface area contributed by atoms with E-state index < -0.39 is 0 Å². The van der Waals surface area contributed by atoms with Crippen LogP contribution in [0, 0.1) is 35.5 Å². The van der Waals surface area contributed by atoms with E-state index in [4.69, 9.17) is 0 Å². The quantitative estimate of drug-likeness (QED) is 0.543. The normalized spacial score (nSPS) is 43.2.